The number of aromatic amines is 1. The monoisotopic (exact) mass is 192 g/mol. The molecule has 0 spiro atoms. The molecule has 2 heterocycles. The molecule has 0 aromatic carbocycles. The van der Waals surface area contributed by atoms with E-state index >= 15 is 0 Å². The largest absolute Gasteiger partial charge is 0.303 e. The number of hydrogen-bond acceptors (Lipinski definition) is 2. The second kappa shape index (κ2) is 4.60. The Kier molecular flexibility index (Phi) is 3.19. The molecule has 2 rings (SSSR count). The van der Waals surface area contributed by atoms with E-state index in [4.69, 9.17) is 0 Å². The number of piperidine rings is 1. The van der Waals surface area contributed by atoms with Gasteiger partial charge in [-0.05, 0) is 45.3 Å². The number of aromatic nitrogens is 2. The van der Waals surface area contributed by atoms with Crippen LogP contribution in [0, 0.1) is 13.3 Å². The summed E-state index contributed by atoms with van der Waals surface area (Å²) in [5.74, 6) is 0. The van der Waals surface area contributed by atoms with E-state index in [9.17, 15) is 0 Å². The molecule has 0 bridgehead atoms. The van der Waals surface area contributed by atoms with Crippen LogP contribution in [0.4, 0.5) is 0 Å². The van der Waals surface area contributed by atoms with Crippen LogP contribution in [0.5, 0.6) is 0 Å². The van der Waals surface area contributed by atoms with Gasteiger partial charge in [-0.25, -0.2) is 0 Å². The molecule has 0 saturated carbocycles. The molecule has 3 nitrogen and oxygen atoms in total. The molecule has 1 N–H and O–H groups in total. The van der Waals surface area contributed by atoms with E-state index in [0.29, 0.717) is 0 Å². The second-order valence-electron chi connectivity index (χ2n) is 4.00. The minimum absolute atomic E-state index is 1.07. The van der Waals surface area contributed by atoms with Crippen LogP contribution >= 0.6 is 0 Å². The van der Waals surface area contributed by atoms with Crippen LogP contribution < -0.4 is 0 Å². The second-order valence-corrected chi connectivity index (χ2v) is 4.00. The van der Waals surface area contributed by atoms with Crippen molar-refractivity contribution in [3.8, 4) is 0 Å². The van der Waals surface area contributed by atoms with Crippen molar-refractivity contribution in [2.75, 3.05) is 19.6 Å². The molecule has 0 aliphatic carbocycles. The fourth-order valence-corrected chi connectivity index (χ4v) is 1.90. The first-order valence-electron chi connectivity index (χ1n) is 5.39. The van der Waals surface area contributed by atoms with Gasteiger partial charge in [0.25, 0.3) is 0 Å². The molecule has 0 unspecified atom stereocenters. The van der Waals surface area contributed by atoms with E-state index in [2.05, 4.69) is 27.6 Å². The third kappa shape index (κ3) is 2.58. The summed E-state index contributed by atoms with van der Waals surface area (Å²) >= 11 is 0. The first-order chi connectivity index (χ1) is 6.84. The van der Waals surface area contributed by atoms with Gasteiger partial charge in [-0.15, -0.1) is 0 Å². The summed E-state index contributed by atoms with van der Waals surface area (Å²) in [6.07, 6.45) is 5.96. The lowest BCUT2D eigenvalue weighted by Crippen LogP contribution is -2.31. The maximum absolute atomic E-state index is 4.24. The van der Waals surface area contributed by atoms with Gasteiger partial charge in [0.1, 0.15) is 0 Å². The molecule has 1 aromatic heterocycles. The Morgan fingerprint density at radius 1 is 1.43 bits per heavy atom. The zero-order valence-corrected chi connectivity index (χ0v) is 8.79. The average molecular weight is 192 g/mol. The summed E-state index contributed by atoms with van der Waals surface area (Å²) in [5, 5.41) is 7.22. The highest BCUT2D eigenvalue weighted by Crippen LogP contribution is 2.08. The summed E-state index contributed by atoms with van der Waals surface area (Å²) in [6.45, 7) is 5.65. The Labute approximate surface area is 85.5 Å². The van der Waals surface area contributed by atoms with Gasteiger partial charge in [0.15, 0.2) is 0 Å². The van der Waals surface area contributed by atoms with Crippen LogP contribution in [-0.4, -0.2) is 34.7 Å². The van der Waals surface area contributed by atoms with E-state index in [1.54, 1.807) is 0 Å². The topological polar surface area (TPSA) is 31.9 Å². The van der Waals surface area contributed by atoms with Gasteiger partial charge in [0.05, 0.1) is 5.69 Å². The van der Waals surface area contributed by atoms with Crippen molar-refractivity contribution < 1.29 is 0 Å². The van der Waals surface area contributed by atoms with Gasteiger partial charge in [-0.1, -0.05) is 0 Å². The Morgan fingerprint density at radius 2 is 2.21 bits per heavy atom. The third-order valence-electron chi connectivity index (χ3n) is 2.74. The quantitative estimate of drug-likeness (QED) is 0.788. The zero-order chi connectivity index (χ0) is 9.80. The van der Waals surface area contributed by atoms with Crippen molar-refractivity contribution >= 4 is 0 Å². The first-order valence-corrected chi connectivity index (χ1v) is 5.39. The van der Waals surface area contributed by atoms with Crippen LogP contribution in [0.3, 0.4) is 0 Å². The third-order valence-corrected chi connectivity index (χ3v) is 2.74. The Bertz CT molecular complexity index is 274. The molecule has 1 aliphatic rings. The highest BCUT2D eigenvalue weighted by Gasteiger charge is 2.10. The Balaban J connectivity index is 1.76. The smallest absolute Gasteiger partial charge is 0.0637 e. The van der Waals surface area contributed by atoms with Crippen molar-refractivity contribution in [1.82, 2.24) is 15.1 Å². The van der Waals surface area contributed by atoms with Gasteiger partial charge in [0.2, 0.25) is 0 Å². The maximum atomic E-state index is 4.24. The Morgan fingerprint density at radius 3 is 2.86 bits per heavy atom. The molecule has 1 aromatic rings. The van der Waals surface area contributed by atoms with E-state index in [1.165, 1.54) is 31.6 Å². The van der Waals surface area contributed by atoms with Gasteiger partial charge in [-0.3, -0.25) is 5.10 Å². The van der Waals surface area contributed by atoms with Gasteiger partial charge >= 0.3 is 0 Å². The van der Waals surface area contributed by atoms with Gasteiger partial charge in [-0.2, -0.15) is 5.10 Å². The molecule has 14 heavy (non-hydrogen) atoms. The van der Waals surface area contributed by atoms with Crippen LogP contribution in [0.2, 0.25) is 0 Å². The molecule has 1 fully saturated rings. The van der Waals surface area contributed by atoms with Gasteiger partial charge < -0.3 is 4.90 Å². The van der Waals surface area contributed by atoms with Crippen molar-refractivity contribution in [2.24, 2.45) is 0 Å². The molecule has 3 heteroatoms. The lowest BCUT2D eigenvalue weighted by atomic mass is 10.1. The molecular weight excluding hydrogens is 174 g/mol. The number of rotatable bonds is 3. The van der Waals surface area contributed by atoms with Crippen molar-refractivity contribution in [3.63, 3.8) is 0 Å². The highest BCUT2D eigenvalue weighted by atomic mass is 15.1. The van der Waals surface area contributed by atoms with E-state index in [0.717, 1.165) is 18.7 Å². The molecule has 0 atom stereocenters. The van der Waals surface area contributed by atoms with Crippen molar-refractivity contribution in [3.05, 3.63) is 23.9 Å². The standard InChI is InChI=1S/C11H18N3/c1-10-9-11(13-12-10)5-8-14-6-3-2-4-7-14/h2,9H,3-8H2,1H3,(H,12,13). The minimum atomic E-state index is 1.07. The fraction of sp³-hybridized carbons (Fsp3) is 0.636. The summed E-state index contributed by atoms with van der Waals surface area (Å²) in [6, 6.07) is 2.13. The zero-order valence-electron chi connectivity index (χ0n) is 8.79. The number of nitrogens with one attached hydrogen (secondary N) is 1. The molecule has 1 radical (unpaired) electrons. The molecular formula is C11H18N3. The molecule has 1 aliphatic heterocycles. The average Bonchev–Trinajstić information content (AvgIpc) is 2.63. The molecule has 77 valence electrons. The van der Waals surface area contributed by atoms with E-state index in [1.807, 2.05) is 6.92 Å². The van der Waals surface area contributed by atoms with Crippen molar-refractivity contribution in [2.45, 2.75) is 26.2 Å². The molecule has 0 amide bonds. The number of hydrogen-bond donors (Lipinski definition) is 1. The summed E-state index contributed by atoms with van der Waals surface area (Å²) in [5.41, 5.74) is 2.35. The predicted octanol–water partition coefficient (Wildman–Crippen LogP) is 1.56. The fourth-order valence-electron chi connectivity index (χ4n) is 1.90. The van der Waals surface area contributed by atoms with Gasteiger partial charge in [0, 0.05) is 18.7 Å². The van der Waals surface area contributed by atoms with Crippen LogP contribution in [0.25, 0.3) is 0 Å². The minimum Gasteiger partial charge on any atom is -0.303 e. The van der Waals surface area contributed by atoms with Crippen LogP contribution in [0.1, 0.15) is 24.2 Å². The summed E-state index contributed by atoms with van der Waals surface area (Å²) < 4.78 is 0. The molecule has 1 saturated heterocycles. The van der Waals surface area contributed by atoms with Crippen molar-refractivity contribution in [1.29, 1.82) is 0 Å². The maximum Gasteiger partial charge on any atom is 0.0637 e. The number of H-pyrrole nitrogens is 1. The van der Waals surface area contributed by atoms with Crippen LogP contribution in [-0.2, 0) is 6.42 Å². The summed E-state index contributed by atoms with van der Waals surface area (Å²) in [7, 11) is 0. The lowest BCUT2D eigenvalue weighted by Gasteiger charge is -2.25. The SMILES string of the molecule is Cc1cc(CCN2CC[CH]CC2)n[nH]1. The van der Waals surface area contributed by atoms with E-state index < -0.39 is 0 Å². The predicted molar refractivity (Wildman–Crippen MR) is 57.0 cm³/mol. The highest BCUT2D eigenvalue weighted by molar-refractivity contribution is 5.06. The van der Waals surface area contributed by atoms with Crippen LogP contribution in [0.15, 0.2) is 6.07 Å². The normalized spacial score (nSPS) is 18.6. The van der Waals surface area contributed by atoms with E-state index in [-0.39, 0.29) is 0 Å². The number of likely N-dealkylation sites (tertiary alicyclic amines) is 1. The summed E-state index contributed by atoms with van der Waals surface area (Å²) in [4.78, 5) is 2.52. The number of aryl methyl sites for hydroxylation is 1. The number of nitrogens with zero attached hydrogens (tertiary/aromatic N) is 2. The Hall–Kier alpha value is -0.830. The lowest BCUT2D eigenvalue weighted by molar-refractivity contribution is 0.256. The first kappa shape index (κ1) is 9.71.